The lowest BCUT2D eigenvalue weighted by Gasteiger charge is -2.29. The van der Waals surface area contributed by atoms with Gasteiger partial charge in [0.1, 0.15) is 5.82 Å². The van der Waals surface area contributed by atoms with Crippen molar-refractivity contribution in [2.24, 2.45) is 0 Å². The molecule has 0 bridgehead atoms. The van der Waals surface area contributed by atoms with E-state index in [0.717, 1.165) is 32.3 Å². The van der Waals surface area contributed by atoms with E-state index in [-0.39, 0.29) is 29.1 Å². The van der Waals surface area contributed by atoms with Gasteiger partial charge < -0.3 is 14.2 Å². The van der Waals surface area contributed by atoms with Crippen molar-refractivity contribution in [1.29, 1.82) is 0 Å². The molecule has 158 valence electrons. The largest absolute Gasteiger partial charge is 0.494 e. The highest BCUT2D eigenvalue weighted by Gasteiger charge is 2.26. The first-order chi connectivity index (χ1) is 14.0. The number of benzene rings is 2. The zero-order valence-electron chi connectivity index (χ0n) is 16.8. The van der Waals surface area contributed by atoms with Crippen molar-refractivity contribution in [2.45, 2.75) is 51.2 Å². The summed E-state index contributed by atoms with van der Waals surface area (Å²) >= 11 is 0. The second-order valence-electron chi connectivity index (χ2n) is 7.28. The molecule has 0 amide bonds. The Bertz CT molecular complexity index is 817. The molecule has 2 aromatic rings. The highest BCUT2D eigenvalue weighted by molar-refractivity contribution is 5.66. The molecule has 0 saturated carbocycles. The zero-order valence-corrected chi connectivity index (χ0v) is 16.8. The van der Waals surface area contributed by atoms with E-state index in [1.807, 2.05) is 0 Å². The fourth-order valence-corrected chi connectivity index (χ4v) is 3.57. The monoisotopic (exact) mass is 408 g/mol. The topological polar surface area (TPSA) is 27.7 Å². The summed E-state index contributed by atoms with van der Waals surface area (Å²) in [6.45, 7) is 3.30. The van der Waals surface area contributed by atoms with E-state index in [4.69, 9.17) is 14.2 Å². The Hall–Kier alpha value is -2.05. The number of ether oxygens (including phenoxy) is 3. The maximum atomic E-state index is 14.7. The van der Waals surface area contributed by atoms with Crippen LogP contribution in [-0.2, 0) is 9.47 Å². The first-order valence-corrected chi connectivity index (χ1v) is 10.1. The Morgan fingerprint density at radius 3 is 2.52 bits per heavy atom. The Balaban J connectivity index is 1.66. The second kappa shape index (κ2) is 10.1. The lowest BCUT2D eigenvalue weighted by molar-refractivity contribution is -0.0881. The minimum Gasteiger partial charge on any atom is -0.494 e. The summed E-state index contributed by atoms with van der Waals surface area (Å²) in [5.74, 6) is -2.83. The van der Waals surface area contributed by atoms with Crippen LogP contribution in [0, 0.1) is 17.5 Å². The highest BCUT2D eigenvalue weighted by atomic mass is 19.2. The molecule has 0 spiro atoms. The summed E-state index contributed by atoms with van der Waals surface area (Å²) in [7, 11) is 1.26. The number of hydrogen-bond donors (Lipinski definition) is 0. The molecule has 1 aliphatic rings. The molecule has 3 rings (SSSR count). The van der Waals surface area contributed by atoms with Gasteiger partial charge in [-0.3, -0.25) is 0 Å². The second-order valence-corrected chi connectivity index (χ2v) is 7.28. The van der Waals surface area contributed by atoms with Crippen molar-refractivity contribution < 1.29 is 27.4 Å². The van der Waals surface area contributed by atoms with Crippen molar-refractivity contribution in [3.05, 3.63) is 53.3 Å². The fraction of sp³-hybridized carbons (Fsp3) is 0.478. The Labute approximate surface area is 169 Å². The molecule has 29 heavy (non-hydrogen) atoms. The molecule has 6 heteroatoms. The van der Waals surface area contributed by atoms with Gasteiger partial charge in [-0.1, -0.05) is 31.9 Å². The van der Waals surface area contributed by atoms with Crippen LogP contribution in [0.25, 0.3) is 11.1 Å². The third-order valence-corrected chi connectivity index (χ3v) is 5.26. The molecule has 0 aliphatic carbocycles. The Kier molecular flexibility index (Phi) is 7.56. The van der Waals surface area contributed by atoms with E-state index in [9.17, 15) is 13.2 Å². The van der Waals surface area contributed by atoms with Crippen molar-refractivity contribution in [2.75, 3.05) is 20.3 Å². The first kappa shape index (κ1) is 21.7. The van der Waals surface area contributed by atoms with Crippen LogP contribution in [0.15, 0.2) is 30.3 Å². The van der Waals surface area contributed by atoms with Gasteiger partial charge in [-0.05, 0) is 43.0 Å². The quantitative estimate of drug-likeness (QED) is 0.486. The van der Waals surface area contributed by atoms with E-state index in [2.05, 4.69) is 6.92 Å². The van der Waals surface area contributed by atoms with Crippen LogP contribution in [0.5, 0.6) is 5.75 Å². The Morgan fingerprint density at radius 2 is 1.86 bits per heavy atom. The van der Waals surface area contributed by atoms with Gasteiger partial charge in [0, 0.05) is 17.7 Å². The first-order valence-electron chi connectivity index (χ1n) is 10.1. The molecule has 2 atom stereocenters. The van der Waals surface area contributed by atoms with Crippen molar-refractivity contribution in [1.82, 2.24) is 0 Å². The van der Waals surface area contributed by atoms with Crippen LogP contribution in [0.2, 0.25) is 0 Å². The van der Waals surface area contributed by atoms with E-state index in [0.29, 0.717) is 18.6 Å². The molecule has 1 aliphatic heterocycles. The number of methoxy groups -OCH3 is 1. The minimum atomic E-state index is -1.09. The third-order valence-electron chi connectivity index (χ3n) is 5.26. The molecule has 1 fully saturated rings. The number of halogens is 3. The van der Waals surface area contributed by atoms with Crippen LogP contribution < -0.4 is 4.74 Å². The highest BCUT2D eigenvalue weighted by Crippen LogP contribution is 2.34. The predicted molar refractivity (Wildman–Crippen MR) is 105 cm³/mol. The molecule has 0 aromatic heterocycles. The van der Waals surface area contributed by atoms with Crippen molar-refractivity contribution in [3.63, 3.8) is 0 Å². The lowest BCUT2D eigenvalue weighted by atomic mass is 9.96. The molecular formula is C23H27F3O3. The van der Waals surface area contributed by atoms with Gasteiger partial charge in [-0.2, -0.15) is 4.39 Å². The standard InChI is InChI=1S/C23H27F3O3/c1-3-4-5-12-28-16-7-10-20(29-14-16)18-8-6-15(13-19(18)24)17-9-11-21(27-2)23(26)22(17)25/h6,8-9,11,13,16,20H,3-5,7,10,12,14H2,1-2H3. The molecule has 2 aromatic carbocycles. The van der Waals surface area contributed by atoms with Gasteiger partial charge in [0.2, 0.25) is 5.82 Å². The van der Waals surface area contributed by atoms with Crippen LogP contribution in [0.1, 0.15) is 50.7 Å². The maximum Gasteiger partial charge on any atom is 0.201 e. The van der Waals surface area contributed by atoms with Crippen LogP contribution in [0.4, 0.5) is 13.2 Å². The van der Waals surface area contributed by atoms with Crippen LogP contribution in [0.3, 0.4) is 0 Å². The molecule has 1 heterocycles. The number of unbranched alkanes of at least 4 members (excludes halogenated alkanes) is 2. The molecule has 3 nitrogen and oxygen atoms in total. The average Bonchev–Trinajstić information content (AvgIpc) is 2.74. The average molecular weight is 408 g/mol. The summed E-state index contributed by atoms with van der Waals surface area (Å²) in [6.07, 6.45) is 4.46. The molecule has 1 saturated heterocycles. The zero-order chi connectivity index (χ0) is 20.8. The summed E-state index contributed by atoms with van der Waals surface area (Å²) in [5, 5.41) is 0. The van der Waals surface area contributed by atoms with Gasteiger partial charge >= 0.3 is 0 Å². The molecule has 2 unspecified atom stereocenters. The van der Waals surface area contributed by atoms with Gasteiger partial charge in [0.05, 0.1) is 25.9 Å². The minimum absolute atomic E-state index is 0.0149. The lowest BCUT2D eigenvalue weighted by Crippen LogP contribution is -2.28. The third kappa shape index (κ3) is 5.11. The molecule has 0 radical (unpaired) electrons. The SMILES string of the molecule is CCCCCOC1CCC(c2ccc(-c3ccc(OC)c(F)c3F)cc2F)OC1. The summed E-state index contributed by atoms with van der Waals surface area (Å²) in [4.78, 5) is 0. The van der Waals surface area contributed by atoms with Crippen molar-refractivity contribution >= 4 is 0 Å². The predicted octanol–water partition coefficient (Wildman–Crippen LogP) is 6.21. The van der Waals surface area contributed by atoms with Gasteiger partial charge in [0.25, 0.3) is 0 Å². The van der Waals surface area contributed by atoms with E-state index in [1.165, 1.54) is 25.3 Å². The van der Waals surface area contributed by atoms with Gasteiger partial charge in [-0.25, -0.2) is 8.78 Å². The van der Waals surface area contributed by atoms with E-state index < -0.39 is 17.5 Å². The molecule has 0 N–H and O–H groups in total. The van der Waals surface area contributed by atoms with Crippen LogP contribution >= 0.6 is 0 Å². The maximum absolute atomic E-state index is 14.7. The number of rotatable bonds is 8. The van der Waals surface area contributed by atoms with E-state index >= 15 is 0 Å². The van der Waals surface area contributed by atoms with E-state index in [1.54, 1.807) is 12.1 Å². The summed E-state index contributed by atoms with van der Waals surface area (Å²) in [6, 6.07) is 7.09. The molecular weight excluding hydrogens is 381 g/mol. The summed E-state index contributed by atoms with van der Waals surface area (Å²) < 4.78 is 59.4. The van der Waals surface area contributed by atoms with Gasteiger partial charge in [0.15, 0.2) is 11.6 Å². The van der Waals surface area contributed by atoms with Crippen LogP contribution in [-0.4, -0.2) is 26.4 Å². The van der Waals surface area contributed by atoms with Crippen molar-refractivity contribution in [3.8, 4) is 16.9 Å². The number of hydrogen-bond acceptors (Lipinski definition) is 3. The smallest absolute Gasteiger partial charge is 0.201 e. The normalized spacial score (nSPS) is 19.3. The fourth-order valence-electron chi connectivity index (χ4n) is 3.57. The van der Waals surface area contributed by atoms with Gasteiger partial charge in [-0.15, -0.1) is 0 Å². The summed E-state index contributed by atoms with van der Waals surface area (Å²) in [5.41, 5.74) is 0.671. The Morgan fingerprint density at radius 1 is 1.03 bits per heavy atom.